The van der Waals surface area contributed by atoms with Gasteiger partial charge in [0.2, 0.25) is 5.88 Å². The van der Waals surface area contributed by atoms with Crippen molar-refractivity contribution in [1.82, 2.24) is 24.9 Å². The van der Waals surface area contributed by atoms with Crippen LogP contribution < -0.4 is 14.8 Å². The fourth-order valence-corrected chi connectivity index (χ4v) is 3.14. The fraction of sp³-hybridized carbons (Fsp3) is 0.190. The smallest absolute Gasteiger partial charge is 0.387 e. The SMILES string of the molecule is CN[C@@H](COc1cncc2nnc(-c3ccc(OC(F)F)cc3)n12)c1ccc(F)c(F)c1. The topological polar surface area (TPSA) is 73.6 Å². The molecule has 0 spiro atoms. The zero-order chi connectivity index (χ0) is 22.7. The number of nitrogens with one attached hydrogen (secondary N) is 1. The van der Waals surface area contributed by atoms with Crippen LogP contribution in [0.5, 0.6) is 11.6 Å². The average Bonchev–Trinajstić information content (AvgIpc) is 3.21. The third-order valence-electron chi connectivity index (χ3n) is 4.71. The first-order valence-corrected chi connectivity index (χ1v) is 9.45. The van der Waals surface area contributed by atoms with Gasteiger partial charge >= 0.3 is 6.61 Å². The van der Waals surface area contributed by atoms with Crippen molar-refractivity contribution in [2.45, 2.75) is 12.7 Å². The van der Waals surface area contributed by atoms with Gasteiger partial charge in [-0.05, 0) is 49.0 Å². The van der Waals surface area contributed by atoms with Gasteiger partial charge < -0.3 is 14.8 Å². The Morgan fingerprint density at radius 3 is 2.47 bits per heavy atom. The molecule has 0 fully saturated rings. The summed E-state index contributed by atoms with van der Waals surface area (Å²) >= 11 is 0. The van der Waals surface area contributed by atoms with Gasteiger partial charge in [-0.25, -0.2) is 13.2 Å². The van der Waals surface area contributed by atoms with Crippen molar-refractivity contribution in [3.05, 3.63) is 72.1 Å². The summed E-state index contributed by atoms with van der Waals surface area (Å²) in [5, 5.41) is 11.2. The number of halogens is 4. The highest BCUT2D eigenvalue weighted by Crippen LogP contribution is 2.26. The monoisotopic (exact) mass is 447 g/mol. The molecular weight excluding hydrogens is 430 g/mol. The van der Waals surface area contributed by atoms with E-state index in [9.17, 15) is 17.6 Å². The van der Waals surface area contributed by atoms with Crippen LogP contribution in [0.1, 0.15) is 11.6 Å². The molecule has 32 heavy (non-hydrogen) atoms. The summed E-state index contributed by atoms with van der Waals surface area (Å²) in [5.74, 6) is -1.17. The van der Waals surface area contributed by atoms with Crippen LogP contribution in [0.25, 0.3) is 17.0 Å². The predicted octanol–water partition coefficient (Wildman–Crippen LogP) is 4.01. The van der Waals surface area contributed by atoms with E-state index in [1.807, 2.05) is 0 Å². The van der Waals surface area contributed by atoms with Crippen molar-refractivity contribution >= 4 is 5.65 Å². The Morgan fingerprint density at radius 2 is 1.78 bits per heavy atom. The summed E-state index contributed by atoms with van der Waals surface area (Å²) in [6, 6.07) is 9.10. The molecule has 7 nitrogen and oxygen atoms in total. The minimum Gasteiger partial charge on any atom is -0.475 e. The fourth-order valence-electron chi connectivity index (χ4n) is 3.14. The molecule has 4 aromatic rings. The number of rotatable bonds is 8. The number of likely N-dealkylation sites (N-methyl/N-ethyl adjacent to an activating group) is 1. The van der Waals surface area contributed by atoms with Gasteiger partial charge in [0.05, 0.1) is 18.4 Å². The molecule has 2 aromatic carbocycles. The maximum atomic E-state index is 13.6. The molecule has 11 heteroatoms. The number of hydrogen-bond donors (Lipinski definition) is 1. The molecule has 0 saturated carbocycles. The zero-order valence-electron chi connectivity index (χ0n) is 16.7. The highest BCUT2D eigenvalue weighted by molar-refractivity contribution is 5.61. The average molecular weight is 447 g/mol. The standard InChI is InChI=1S/C21H17F4N5O2/c1-26-17(13-4-7-15(22)16(23)8-13)11-31-19-10-27-9-18-28-29-20(30(18)19)12-2-5-14(6-3-12)32-21(24)25/h2-10,17,21,26H,11H2,1H3/t17-/m0/s1. The lowest BCUT2D eigenvalue weighted by atomic mass is 10.1. The zero-order valence-corrected chi connectivity index (χ0v) is 16.7. The van der Waals surface area contributed by atoms with E-state index in [1.54, 1.807) is 23.6 Å². The lowest BCUT2D eigenvalue weighted by molar-refractivity contribution is -0.0498. The number of fused-ring (bicyclic) bond motifs is 1. The largest absolute Gasteiger partial charge is 0.475 e. The number of nitrogens with zero attached hydrogens (tertiary/aromatic N) is 4. The molecule has 1 N–H and O–H groups in total. The summed E-state index contributed by atoms with van der Waals surface area (Å²) in [6.45, 7) is -2.85. The molecule has 0 aliphatic heterocycles. The first kappa shape index (κ1) is 21.5. The van der Waals surface area contributed by atoms with Gasteiger partial charge in [-0.3, -0.25) is 4.98 Å². The second-order valence-corrected chi connectivity index (χ2v) is 6.69. The van der Waals surface area contributed by atoms with E-state index in [1.165, 1.54) is 30.6 Å². The lowest BCUT2D eigenvalue weighted by Gasteiger charge is -2.18. The molecule has 0 radical (unpaired) electrons. The van der Waals surface area contributed by atoms with Crippen LogP contribution in [0.4, 0.5) is 17.6 Å². The van der Waals surface area contributed by atoms with E-state index < -0.39 is 24.3 Å². The number of benzene rings is 2. The van der Waals surface area contributed by atoms with E-state index in [2.05, 4.69) is 25.2 Å². The summed E-state index contributed by atoms with van der Waals surface area (Å²) in [4.78, 5) is 4.09. The highest BCUT2D eigenvalue weighted by Gasteiger charge is 2.17. The van der Waals surface area contributed by atoms with Crippen LogP contribution in [-0.4, -0.2) is 39.8 Å². The van der Waals surface area contributed by atoms with E-state index >= 15 is 0 Å². The quantitative estimate of drug-likeness (QED) is 0.412. The molecule has 0 unspecified atom stereocenters. The molecule has 1 atom stereocenters. The third-order valence-corrected chi connectivity index (χ3v) is 4.71. The number of ether oxygens (including phenoxy) is 2. The Hall–Kier alpha value is -3.73. The first-order chi connectivity index (χ1) is 15.5. The Bertz CT molecular complexity index is 1220. The normalized spacial score (nSPS) is 12.3. The van der Waals surface area contributed by atoms with Gasteiger partial charge in [0.15, 0.2) is 23.1 Å². The van der Waals surface area contributed by atoms with Gasteiger partial charge in [0.1, 0.15) is 12.4 Å². The summed E-state index contributed by atoms with van der Waals surface area (Å²) in [7, 11) is 1.67. The second-order valence-electron chi connectivity index (χ2n) is 6.69. The van der Waals surface area contributed by atoms with Crippen molar-refractivity contribution in [3.8, 4) is 23.0 Å². The van der Waals surface area contributed by atoms with E-state index in [4.69, 9.17) is 4.74 Å². The van der Waals surface area contributed by atoms with Crippen molar-refractivity contribution < 1.29 is 27.0 Å². The maximum Gasteiger partial charge on any atom is 0.387 e. The Balaban J connectivity index is 1.60. The van der Waals surface area contributed by atoms with E-state index in [0.717, 1.165) is 12.1 Å². The van der Waals surface area contributed by atoms with Crippen LogP contribution in [0.3, 0.4) is 0 Å². The Kier molecular flexibility index (Phi) is 6.17. The van der Waals surface area contributed by atoms with Crippen molar-refractivity contribution in [2.24, 2.45) is 0 Å². The molecule has 4 rings (SSSR count). The van der Waals surface area contributed by atoms with Gasteiger partial charge in [-0.1, -0.05) is 6.07 Å². The van der Waals surface area contributed by atoms with Crippen molar-refractivity contribution in [1.29, 1.82) is 0 Å². The van der Waals surface area contributed by atoms with Crippen LogP contribution in [-0.2, 0) is 0 Å². The summed E-state index contributed by atoms with van der Waals surface area (Å²) < 4.78 is 63.5. The summed E-state index contributed by atoms with van der Waals surface area (Å²) in [5.41, 5.74) is 1.49. The maximum absolute atomic E-state index is 13.6. The molecule has 166 valence electrons. The summed E-state index contributed by atoms with van der Waals surface area (Å²) in [6.07, 6.45) is 2.95. The van der Waals surface area contributed by atoms with Gasteiger partial charge in [0.25, 0.3) is 0 Å². The minimum absolute atomic E-state index is 0.0131. The molecule has 0 amide bonds. The van der Waals surface area contributed by atoms with Crippen molar-refractivity contribution in [2.75, 3.05) is 13.7 Å². The molecule has 2 heterocycles. The van der Waals surface area contributed by atoms with Crippen molar-refractivity contribution in [3.63, 3.8) is 0 Å². The number of hydrogen-bond acceptors (Lipinski definition) is 6. The second kappa shape index (κ2) is 9.18. The minimum atomic E-state index is -2.92. The Labute approximate surface area is 179 Å². The molecule has 0 aliphatic rings. The van der Waals surface area contributed by atoms with Crippen LogP contribution >= 0.6 is 0 Å². The van der Waals surface area contributed by atoms with Gasteiger partial charge in [-0.2, -0.15) is 8.78 Å². The number of aromatic nitrogens is 4. The molecule has 0 bridgehead atoms. The van der Waals surface area contributed by atoms with E-state index in [0.29, 0.717) is 28.5 Å². The van der Waals surface area contributed by atoms with E-state index in [-0.39, 0.29) is 12.4 Å². The predicted molar refractivity (Wildman–Crippen MR) is 107 cm³/mol. The van der Waals surface area contributed by atoms with Crippen LogP contribution in [0, 0.1) is 11.6 Å². The van der Waals surface area contributed by atoms with Crippen LogP contribution in [0.2, 0.25) is 0 Å². The number of alkyl halides is 2. The lowest BCUT2D eigenvalue weighted by Crippen LogP contribution is -2.24. The van der Waals surface area contributed by atoms with Gasteiger partial charge in [-0.15, -0.1) is 10.2 Å². The first-order valence-electron chi connectivity index (χ1n) is 9.45. The van der Waals surface area contributed by atoms with Crippen LogP contribution in [0.15, 0.2) is 54.9 Å². The molecule has 0 aliphatic carbocycles. The van der Waals surface area contributed by atoms with Gasteiger partial charge in [0, 0.05) is 5.56 Å². The highest BCUT2D eigenvalue weighted by atomic mass is 19.3. The molecular formula is C21H17F4N5O2. The molecule has 0 saturated heterocycles. The third kappa shape index (κ3) is 4.47. The Morgan fingerprint density at radius 1 is 1.00 bits per heavy atom. The molecule has 2 aromatic heterocycles.